The number of aromatic nitrogens is 1. The summed E-state index contributed by atoms with van der Waals surface area (Å²) in [7, 11) is 1.97. The van der Waals surface area contributed by atoms with E-state index in [1.165, 1.54) is 6.20 Å². The molecule has 108 valence electrons. The molecule has 0 bridgehead atoms. The van der Waals surface area contributed by atoms with Crippen LogP contribution >= 0.6 is 0 Å². The zero-order chi connectivity index (χ0) is 14.7. The summed E-state index contributed by atoms with van der Waals surface area (Å²) in [6.07, 6.45) is 2.02. The van der Waals surface area contributed by atoms with Crippen molar-refractivity contribution in [2.45, 2.75) is 12.5 Å². The maximum Gasteiger partial charge on any atom is 0.364 e. The third-order valence-electron chi connectivity index (χ3n) is 3.20. The summed E-state index contributed by atoms with van der Waals surface area (Å²) in [6.45, 7) is 1.66. The fourth-order valence-electron chi connectivity index (χ4n) is 2.16. The lowest BCUT2D eigenvalue weighted by Gasteiger charge is -2.14. The van der Waals surface area contributed by atoms with Crippen LogP contribution in [0.1, 0.15) is 16.8 Å². The van der Waals surface area contributed by atoms with Crippen molar-refractivity contribution in [2.75, 3.05) is 25.6 Å². The van der Waals surface area contributed by atoms with Gasteiger partial charge in [0.25, 0.3) is 5.91 Å². The number of likely N-dealkylation sites (N-methyl/N-ethyl adjacent to an activating group) is 1. The second-order valence-corrected chi connectivity index (χ2v) is 4.71. The summed E-state index contributed by atoms with van der Waals surface area (Å²) in [4.78, 5) is 28.0. The Bertz CT molecular complexity index is 535. The van der Waals surface area contributed by atoms with Crippen LogP contribution in [0.5, 0.6) is 0 Å². The molecule has 2 rings (SSSR count). The first-order valence-electron chi connectivity index (χ1n) is 6.11. The number of rotatable bonds is 4. The van der Waals surface area contributed by atoms with Gasteiger partial charge in [-0.25, -0.2) is 0 Å². The van der Waals surface area contributed by atoms with E-state index in [1.807, 2.05) is 7.05 Å². The van der Waals surface area contributed by atoms with Crippen LogP contribution in [0.3, 0.4) is 0 Å². The second-order valence-electron chi connectivity index (χ2n) is 4.71. The van der Waals surface area contributed by atoms with E-state index in [4.69, 9.17) is 5.84 Å². The third-order valence-corrected chi connectivity index (χ3v) is 3.20. The summed E-state index contributed by atoms with van der Waals surface area (Å²) in [5.41, 5.74) is 2.68. The predicted molar refractivity (Wildman–Crippen MR) is 72.1 cm³/mol. The van der Waals surface area contributed by atoms with Crippen LogP contribution in [0.2, 0.25) is 0 Å². The molecule has 0 spiro atoms. The molecule has 2 heterocycles. The Hall–Kier alpha value is -2.26. The summed E-state index contributed by atoms with van der Waals surface area (Å²) < 4.78 is 0. The van der Waals surface area contributed by atoms with Gasteiger partial charge in [0, 0.05) is 12.6 Å². The average Bonchev–Trinajstić information content (AvgIpc) is 2.83. The summed E-state index contributed by atoms with van der Waals surface area (Å²) in [6, 6.07) is 1.15. The smallest absolute Gasteiger partial charge is 0.358 e. The van der Waals surface area contributed by atoms with Gasteiger partial charge in [-0.2, -0.15) is 0 Å². The molecule has 1 amide bonds. The van der Waals surface area contributed by atoms with Gasteiger partial charge in [-0.15, -0.1) is 0 Å². The Kier molecular flexibility index (Phi) is 4.11. The molecular formula is C11H16N6O3. The minimum Gasteiger partial charge on any atom is -0.358 e. The van der Waals surface area contributed by atoms with Gasteiger partial charge >= 0.3 is 5.82 Å². The van der Waals surface area contributed by atoms with Gasteiger partial charge in [-0.3, -0.25) is 10.6 Å². The Labute approximate surface area is 115 Å². The van der Waals surface area contributed by atoms with Crippen LogP contribution in [0.4, 0.5) is 11.5 Å². The Morgan fingerprint density at radius 2 is 2.40 bits per heavy atom. The molecule has 1 fully saturated rings. The molecule has 1 saturated heterocycles. The summed E-state index contributed by atoms with van der Waals surface area (Å²) >= 11 is 0. The fraction of sp³-hybridized carbons (Fsp3) is 0.455. The van der Waals surface area contributed by atoms with Crippen molar-refractivity contribution in [3.8, 4) is 0 Å². The number of nitrogens with one attached hydrogen (secondary N) is 2. The Morgan fingerprint density at radius 3 is 2.95 bits per heavy atom. The van der Waals surface area contributed by atoms with E-state index in [1.54, 1.807) is 0 Å². The van der Waals surface area contributed by atoms with Gasteiger partial charge < -0.3 is 25.8 Å². The normalized spacial score (nSPS) is 18.8. The number of hydrogen-bond acceptors (Lipinski definition) is 7. The first-order chi connectivity index (χ1) is 9.51. The highest BCUT2D eigenvalue weighted by Gasteiger charge is 2.24. The lowest BCUT2D eigenvalue weighted by atomic mass is 10.2. The Morgan fingerprint density at radius 1 is 1.65 bits per heavy atom. The van der Waals surface area contributed by atoms with Crippen molar-refractivity contribution in [1.82, 2.24) is 15.2 Å². The molecule has 1 atom stereocenters. The zero-order valence-electron chi connectivity index (χ0n) is 11.0. The van der Waals surface area contributed by atoms with E-state index >= 15 is 0 Å². The van der Waals surface area contributed by atoms with E-state index in [2.05, 4.69) is 20.6 Å². The van der Waals surface area contributed by atoms with Crippen molar-refractivity contribution in [3.05, 3.63) is 27.9 Å². The van der Waals surface area contributed by atoms with E-state index in [9.17, 15) is 14.9 Å². The highest BCUT2D eigenvalue weighted by Crippen LogP contribution is 2.19. The molecule has 20 heavy (non-hydrogen) atoms. The van der Waals surface area contributed by atoms with Crippen LogP contribution in [-0.4, -0.2) is 46.9 Å². The van der Waals surface area contributed by atoms with Crippen molar-refractivity contribution >= 4 is 17.4 Å². The SMILES string of the molecule is CN1CCC(NC(=O)c2cc([N+](=O)[O-])ncc2NN)C1. The minimum atomic E-state index is -0.652. The molecule has 1 unspecified atom stereocenters. The molecule has 0 radical (unpaired) electrons. The predicted octanol–water partition coefficient (Wildman–Crippen LogP) is -0.291. The molecule has 0 aromatic carbocycles. The maximum absolute atomic E-state index is 12.2. The van der Waals surface area contributed by atoms with Crippen LogP contribution in [0, 0.1) is 10.1 Å². The number of nitro groups is 1. The molecule has 4 N–H and O–H groups in total. The number of hydrogen-bond donors (Lipinski definition) is 3. The van der Waals surface area contributed by atoms with Crippen molar-refractivity contribution in [3.63, 3.8) is 0 Å². The fourth-order valence-corrected chi connectivity index (χ4v) is 2.16. The number of pyridine rings is 1. The quantitative estimate of drug-likeness (QED) is 0.393. The molecule has 0 aliphatic carbocycles. The zero-order valence-corrected chi connectivity index (χ0v) is 11.0. The first-order valence-corrected chi connectivity index (χ1v) is 6.11. The van der Waals surface area contributed by atoms with Crippen LogP contribution < -0.4 is 16.6 Å². The van der Waals surface area contributed by atoms with Crippen molar-refractivity contribution in [1.29, 1.82) is 0 Å². The molecule has 9 nitrogen and oxygen atoms in total. The number of hydrazine groups is 1. The van der Waals surface area contributed by atoms with Crippen LogP contribution in [0.15, 0.2) is 12.3 Å². The van der Waals surface area contributed by atoms with Gasteiger partial charge in [0.15, 0.2) is 6.20 Å². The second kappa shape index (κ2) is 5.80. The highest BCUT2D eigenvalue weighted by atomic mass is 16.6. The lowest BCUT2D eigenvalue weighted by molar-refractivity contribution is -0.389. The number of likely N-dealkylation sites (tertiary alicyclic amines) is 1. The van der Waals surface area contributed by atoms with Gasteiger partial charge in [0.05, 0.1) is 11.6 Å². The first kappa shape index (κ1) is 14.2. The molecule has 0 saturated carbocycles. The maximum atomic E-state index is 12.2. The monoisotopic (exact) mass is 280 g/mol. The van der Waals surface area contributed by atoms with Gasteiger partial charge in [0.2, 0.25) is 0 Å². The number of nitrogen functional groups attached to an aromatic ring is 1. The molecule has 9 heteroatoms. The minimum absolute atomic E-state index is 0.0327. The standard InChI is InChI=1S/C11H16N6O3/c1-16-3-2-7(6-16)14-11(18)8-4-10(17(19)20)13-5-9(8)15-12/h4-5,7,15H,2-3,6,12H2,1H3,(H,14,18). The average molecular weight is 280 g/mol. The topological polar surface area (TPSA) is 126 Å². The summed E-state index contributed by atoms with van der Waals surface area (Å²) in [5.74, 6) is 4.51. The van der Waals surface area contributed by atoms with Gasteiger partial charge in [-0.05, 0) is 29.9 Å². The van der Waals surface area contributed by atoms with E-state index < -0.39 is 16.6 Å². The molecule has 1 aliphatic rings. The molecule has 1 aliphatic heterocycles. The Balaban J connectivity index is 2.19. The van der Waals surface area contributed by atoms with Crippen LogP contribution in [-0.2, 0) is 0 Å². The lowest BCUT2D eigenvalue weighted by Crippen LogP contribution is -2.37. The van der Waals surface area contributed by atoms with Gasteiger partial charge in [0.1, 0.15) is 5.69 Å². The van der Waals surface area contributed by atoms with E-state index in [0.717, 1.165) is 25.6 Å². The molecule has 1 aromatic heterocycles. The third kappa shape index (κ3) is 3.00. The summed E-state index contributed by atoms with van der Waals surface area (Å²) in [5, 5.41) is 13.6. The van der Waals surface area contributed by atoms with E-state index in [-0.39, 0.29) is 17.3 Å². The largest absolute Gasteiger partial charge is 0.364 e. The van der Waals surface area contributed by atoms with Gasteiger partial charge in [-0.1, -0.05) is 0 Å². The molecule has 1 aromatic rings. The van der Waals surface area contributed by atoms with Crippen molar-refractivity contribution < 1.29 is 9.72 Å². The van der Waals surface area contributed by atoms with E-state index in [0.29, 0.717) is 0 Å². The number of amides is 1. The number of anilines is 1. The number of nitrogens with zero attached hydrogens (tertiary/aromatic N) is 3. The number of carbonyl (C=O) groups excluding carboxylic acids is 1. The van der Waals surface area contributed by atoms with Crippen molar-refractivity contribution in [2.24, 2.45) is 5.84 Å². The van der Waals surface area contributed by atoms with Crippen LogP contribution in [0.25, 0.3) is 0 Å². The molecular weight excluding hydrogens is 264 g/mol. The number of carbonyl (C=O) groups is 1. The number of nitrogens with two attached hydrogens (primary N) is 1. The highest BCUT2D eigenvalue weighted by molar-refractivity contribution is 6.00.